The van der Waals surface area contributed by atoms with Gasteiger partial charge in [-0.3, -0.25) is 0 Å². The number of hydrogen-bond acceptors (Lipinski definition) is 0. The summed E-state index contributed by atoms with van der Waals surface area (Å²) in [5, 5.41) is 0. The van der Waals surface area contributed by atoms with Crippen LogP contribution in [0.25, 0.3) is 0 Å². The Labute approximate surface area is 104 Å². The van der Waals surface area contributed by atoms with Gasteiger partial charge < -0.3 is 0 Å². The lowest BCUT2D eigenvalue weighted by Crippen LogP contribution is -1.75. The first-order valence-corrected chi connectivity index (χ1v) is 6.61. The van der Waals surface area contributed by atoms with Crippen molar-refractivity contribution < 1.29 is 0 Å². The summed E-state index contributed by atoms with van der Waals surface area (Å²) in [6.07, 6.45) is 5.31. The second kappa shape index (κ2) is 7.57. The molecule has 0 saturated heterocycles. The molecule has 0 bridgehead atoms. The molecule has 0 saturated carbocycles. The van der Waals surface area contributed by atoms with Crippen LogP contribution in [-0.2, 0) is 0 Å². The third-order valence-corrected chi connectivity index (χ3v) is 5.65. The number of halogens is 3. The van der Waals surface area contributed by atoms with Crippen LogP contribution in [-0.4, -0.2) is 0 Å². The van der Waals surface area contributed by atoms with Crippen LogP contribution in [0.3, 0.4) is 0 Å². The van der Waals surface area contributed by atoms with Gasteiger partial charge in [0.1, 0.15) is 0 Å². The van der Waals surface area contributed by atoms with Crippen molar-refractivity contribution in [2.45, 2.75) is 32.6 Å². The highest BCUT2D eigenvalue weighted by atomic mass is 127. The van der Waals surface area contributed by atoms with E-state index in [1.54, 1.807) is 0 Å². The summed E-state index contributed by atoms with van der Waals surface area (Å²) in [6.45, 7) is 2.24. The van der Waals surface area contributed by atoms with E-state index in [-0.39, 0.29) is 0 Å². The zero-order valence-electron chi connectivity index (χ0n) is 5.96. The molecule has 0 aliphatic rings. The first kappa shape index (κ1) is 11.9. The van der Waals surface area contributed by atoms with E-state index in [4.69, 9.17) is 0 Å². The van der Waals surface area contributed by atoms with Crippen molar-refractivity contribution in [2.75, 3.05) is 0 Å². The van der Waals surface area contributed by atoms with Gasteiger partial charge in [-0.1, -0.05) is 19.8 Å². The fraction of sp³-hybridized carbons (Fsp3) is 0.714. The van der Waals surface area contributed by atoms with E-state index in [2.05, 4.69) is 74.7 Å². The fourth-order valence-electron chi connectivity index (χ4n) is 0.625. The lowest BCUT2D eigenvalue weighted by atomic mass is 10.2. The number of rotatable bonds is 4. The molecule has 0 fully saturated rings. The van der Waals surface area contributed by atoms with Crippen LogP contribution in [0.5, 0.6) is 0 Å². The molecular weight excluding hydrogens is 465 g/mol. The van der Waals surface area contributed by atoms with E-state index in [1.807, 2.05) is 0 Å². The first-order chi connectivity index (χ1) is 4.68. The van der Waals surface area contributed by atoms with Crippen molar-refractivity contribution in [2.24, 2.45) is 0 Å². The minimum Gasteiger partial charge on any atom is -0.0654 e. The Bertz CT molecular complexity index is 114. The molecule has 60 valence electrons. The highest BCUT2D eigenvalue weighted by Crippen LogP contribution is 2.28. The highest BCUT2D eigenvalue weighted by Gasteiger charge is 1.95. The predicted octanol–water partition coefficient (Wildman–Crippen LogP) is 5.04. The minimum atomic E-state index is 1.27. The second-order valence-electron chi connectivity index (χ2n) is 2.12. The van der Waals surface area contributed by atoms with Crippen LogP contribution in [0.1, 0.15) is 32.6 Å². The summed E-state index contributed by atoms with van der Waals surface area (Å²) < 4.78 is 2.94. The Morgan fingerprint density at radius 1 is 1.10 bits per heavy atom. The standard InChI is InChI=1S/C7H11I3/c1-2-3-4-5-6(8)7(9)10/h2-5H2,1H3. The molecular formula is C7H11I3. The molecule has 0 aliphatic heterocycles. The van der Waals surface area contributed by atoms with Crippen molar-refractivity contribution in [3.63, 3.8) is 0 Å². The average molecular weight is 476 g/mol. The summed E-state index contributed by atoms with van der Waals surface area (Å²) in [7, 11) is 0. The van der Waals surface area contributed by atoms with E-state index < -0.39 is 0 Å². The van der Waals surface area contributed by atoms with Gasteiger partial charge in [-0.05, 0) is 80.6 Å². The van der Waals surface area contributed by atoms with Crippen molar-refractivity contribution in [1.29, 1.82) is 0 Å². The van der Waals surface area contributed by atoms with Gasteiger partial charge in [-0.25, -0.2) is 0 Å². The topological polar surface area (TPSA) is 0 Å². The molecule has 3 heteroatoms. The van der Waals surface area contributed by atoms with Crippen LogP contribution < -0.4 is 0 Å². The summed E-state index contributed by atoms with van der Waals surface area (Å²) in [5.74, 6) is 0. The fourth-order valence-corrected chi connectivity index (χ4v) is 1.55. The normalized spacial score (nSPS) is 9.60. The second-order valence-corrected chi connectivity index (χ2v) is 7.65. The zero-order valence-corrected chi connectivity index (χ0v) is 12.4. The molecule has 10 heavy (non-hydrogen) atoms. The van der Waals surface area contributed by atoms with E-state index in [9.17, 15) is 0 Å². The third kappa shape index (κ3) is 6.63. The molecule has 0 spiro atoms. The molecule has 0 N–H and O–H groups in total. The summed E-state index contributed by atoms with van der Waals surface area (Å²) in [4.78, 5) is 0. The molecule has 0 atom stereocenters. The average Bonchev–Trinajstić information content (AvgIpc) is 1.88. The lowest BCUT2D eigenvalue weighted by molar-refractivity contribution is 0.728. The van der Waals surface area contributed by atoms with E-state index in [1.165, 1.54) is 30.8 Å². The van der Waals surface area contributed by atoms with Gasteiger partial charge in [-0.2, -0.15) is 0 Å². The van der Waals surface area contributed by atoms with Gasteiger partial charge in [0, 0.05) is 3.58 Å². The molecule has 0 aromatic carbocycles. The molecule has 0 amide bonds. The first-order valence-electron chi connectivity index (χ1n) is 3.38. The zero-order chi connectivity index (χ0) is 7.98. The molecule has 0 aromatic rings. The Balaban J connectivity index is 3.40. The quantitative estimate of drug-likeness (QED) is 0.395. The maximum absolute atomic E-state index is 2.44. The molecule has 0 unspecified atom stereocenters. The Hall–Kier alpha value is 1.93. The van der Waals surface area contributed by atoms with Crippen LogP contribution in [0, 0.1) is 0 Å². The largest absolute Gasteiger partial charge is 0.0654 e. The van der Waals surface area contributed by atoms with E-state index >= 15 is 0 Å². The molecule has 0 nitrogen and oxygen atoms in total. The van der Waals surface area contributed by atoms with E-state index in [0.29, 0.717) is 0 Å². The Morgan fingerprint density at radius 2 is 1.70 bits per heavy atom. The molecule has 0 aromatic heterocycles. The molecule has 0 heterocycles. The number of allylic oxidation sites excluding steroid dienone is 1. The summed E-state index contributed by atoms with van der Waals surface area (Å²) in [6, 6.07) is 0. The van der Waals surface area contributed by atoms with Gasteiger partial charge in [0.25, 0.3) is 0 Å². The Kier molecular flexibility index (Phi) is 9.03. The summed E-state index contributed by atoms with van der Waals surface area (Å²) in [5.41, 5.74) is 0. The van der Waals surface area contributed by atoms with Crippen LogP contribution in [0.15, 0.2) is 5.17 Å². The van der Waals surface area contributed by atoms with Gasteiger partial charge in [-0.15, -0.1) is 0 Å². The van der Waals surface area contributed by atoms with Gasteiger partial charge in [0.05, 0.1) is 1.59 Å². The van der Waals surface area contributed by atoms with Gasteiger partial charge in [0.2, 0.25) is 0 Å². The van der Waals surface area contributed by atoms with Crippen molar-refractivity contribution in [3.8, 4) is 0 Å². The van der Waals surface area contributed by atoms with Crippen molar-refractivity contribution in [1.82, 2.24) is 0 Å². The lowest BCUT2D eigenvalue weighted by Gasteiger charge is -1.97. The maximum Gasteiger partial charge on any atom is 0.0606 e. The molecule has 0 radical (unpaired) electrons. The SMILES string of the molecule is CCCCCC(I)=C(I)I. The minimum absolute atomic E-state index is 1.27. The monoisotopic (exact) mass is 476 g/mol. The van der Waals surface area contributed by atoms with Crippen molar-refractivity contribution in [3.05, 3.63) is 5.17 Å². The maximum atomic E-state index is 2.44. The molecule has 0 rings (SSSR count). The van der Waals surface area contributed by atoms with Crippen LogP contribution in [0.4, 0.5) is 0 Å². The van der Waals surface area contributed by atoms with Crippen molar-refractivity contribution >= 4 is 67.8 Å². The number of hydrogen-bond donors (Lipinski definition) is 0. The summed E-state index contributed by atoms with van der Waals surface area (Å²) >= 11 is 7.19. The van der Waals surface area contributed by atoms with Gasteiger partial charge >= 0.3 is 0 Å². The number of unbranched alkanes of at least 4 members (excludes halogenated alkanes) is 2. The Morgan fingerprint density at radius 3 is 2.10 bits per heavy atom. The van der Waals surface area contributed by atoms with E-state index in [0.717, 1.165) is 0 Å². The highest BCUT2D eigenvalue weighted by molar-refractivity contribution is 14.2. The smallest absolute Gasteiger partial charge is 0.0606 e. The third-order valence-electron chi connectivity index (χ3n) is 1.20. The van der Waals surface area contributed by atoms with Crippen LogP contribution >= 0.6 is 67.8 Å². The molecule has 0 aliphatic carbocycles. The predicted molar refractivity (Wildman–Crippen MR) is 73.2 cm³/mol. The van der Waals surface area contributed by atoms with Gasteiger partial charge in [0.15, 0.2) is 0 Å². The van der Waals surface area contributed by atoms with Crippen LogP contribution in [0.2, 0.25) is 0 Å².